The number of hydrogen-bond acceptors (Lipinski definition) is 5. The molecule has 0 aliphatic carbocycles. The van der Waals surface area contributed by atoms with Gasteiger partial charge < -0.3 is 10.8 Å². The predicted octanol–water partition coefficient (Wildman–Crippen LogP) is 0.518. The van der Waals surface area contributed by atoms with Crippen LogP contribution in [0.4, 0.5) is 5.69 Å². The summed E-state index contributed by atoms with van der Waals surface area (Å²) >= 11 is 3.91. The highest BCUT2D eigenvalue weighted by Gasteiger charge is 2.04. The molecule has 0 saturated carbocycles. The largest absolute Gasteiger partial charge is 0.506 e. The van der Waals surface area contributed by atoms with E-state index in [4.69, 9.17) is 5.73 Å². The highest BCUT2D eigenvalue weighted by molar-refractivity contribution is 7.85. The molecule has 0 unspecified atom stereocenters. The van der Waals surface area contributed by atoms with Crippen LogP contribution in [0.3, 0.4) is 0 Å². The minimum atomic E-state index is -0.616. The van der Waals surface area contributed by atoms with Gasteiger partial charge in [0, 0.05) is 0 Å². The first-order valence-corrected chi connectivity index (χ1v) is 4.73. The first-order valence-electron chi connectivity index (χ1n) is 4.28. The van der Waals surface area contributed by atoms with Gasteiger partial charge in [-0.25, -0.2) is 0 Å². The maximum absolute atomic E-state index is 11.1. The Kier molecular flexibility index (Phi) is 3.96. The van der Waals surface area contributed by atoms with Gasteiger partial charge in [-0.05, 0) is 23.8 Å². The molecule has 1 aromatic rings. The average Bonchev–Trinajstić information content (AvgIpc) is 2.24. The van der Waals surface area contributed by atoms with Gasteiger partial charge in [0.2, 0.25) is 6.41 Å². The molecule has 0 radical (unpaired) electrons. The van der Waals surface area contributed by atoms with E-state index in [9.17, 15) is 14.7 Å². The Hall–Kier alpha value is -1.95. The van der Waals surface area contributed by atoms with Crippen LogP contribution < -0.4 is 11.1 Å². The third-order valence-corrected chi connectivity index (χ3v) is 2.11. The van der Waals surface area contributed by atoms with Crippen LogP contribution in [0.25, 0.3) is 6.08 Å². The van der Waals surface area contributed by atoms with Crippen LogP contribution in [-0.4, -0.2) is 17.4 Å². The van der Waals surface area contributed by atoms with Crippen molar-refractivity contribution in [1.82, 2.24) is 5.32 Å². The minimum absolute atomic E-state index is 0.0521. The van der Waals surface area contributed by atoms with Crippen molar-refractivity contribution in [3.8, 4) is 5.75 Å². The Balaban J connectivity index is 2.93. The van der Waals surface area contributed by atoms with E-state index in [2.05, 4.69) is 12.6 Å². The van der Waals surface area contributed by atoms with E-state index >= 15 is 0 Å². The summed E-state index contributed by atoms with van der Waals surface area (Å²) in [5.74, 6) is -0.694. The third-order valence-electron chi connectivity index (χ3n) is 1.78. The molecule has 84 valence electrons. The van der Waals surface area contributed by atoms with Crippen LogP contribution in [-0.2, 0) is 9.59 Å². The summed E-state index contributed by atoms with van der Waals surface area (Å²) < 4.78 is 0. The number of imide groups is 1. The Morgan fingerprint density at radius 1 is 1.50 bits per heavy atom. The molecule has 16 heavy (non-hydrogen) atoms. The van der Waals surface area contributed by atoms with E-state index in [1.54, 1.807) is 6.07 Å². The molecule has 0 heterocycles. The number of carbonyl (C=O) groups is 2. The van der Waals surface area contributed by atoms with Crippen LogP contribution in [0.15, 0.2) is 23.1 Å². The average molecular weight is 238 g/mol. The Morgan fingerprint density at radius 2 is 2.19 bits per heavy atom. The molecule has 0 saturated heterocycles. The van der Waals surface area contributed by atoms with E-state index in [-0.39, 0.29) is 22.8 Å². The molecule has 4 N–H and O–H groups in total. The van der Waals surface area contributed by atoms with Crippen molar-refractivity contribution in [2.75, 3.05) is 5.73 Å². The number of thiol groups is 1. The zero-order chi connectivity index (χ0) is 12.1. The molecule has 0 bridgehead atoms. The number of benzene rings is 1. The number of aromatic hydroxyl groups is 1. The minimum Gasteiger partial charge on any atom is -0.506 e. The fraction of sp³-hybridized carbons (Fsp3) is 0. The number of nitrogens with one attached hydrogen (secondary N) is 1. The maximum Gasteiger partial charge on any atom is 0.263 e. The summed E-state index contributed by atoms with van der Waals surface area (Å²) in [5, 5.41) is 11.3. The molecule has 0 atom stereocenters. The number of phenolic OH excluding ortho intramolecular Hbond substituents is 1. The summed E-state index contributed by atoms with van der Waals surface area (Å²) in [7, 11) is 0. The number of phenols is 1. The first kappa shape index (κ1) is 12.1. The highest BCUT2D eigenvalue weighted by atomic mass is 32.1. The van der Waals surface area contributed by atoms with Gasteiger partial charge in [-0.1, -0.05) is 6.07 Å². The van der Waals surface area contributed by atoms with Crippen molar-refractivity contribution in [1.29, 1.82) is 0 Å². The second-order valence-corrected chi connectivity index (χ2v) is 3.42. The van der Waals surface area contributed by atoms with Gasteiger partial charge in [-0.15, -0.1) is 12.6 Å². The van der Waals surface area contributed by atoms with Crippen molar-refractivity contribution >= 4 is 36.7 Å². The Bertz CT molecular complexity index is 457. The molecular weight excluding hydrogens is 228 g/mol. The lowest BCUT2D eigenvalue weighted by molar-refractivity contribution is -0.121. The van der Waals surface area contributed by atoms with E-state index in [1.807, 2.05) is 5.32 Å². The van der Waals surface area contributed by atoms with Crippen LogP contribution in [0.1, 0.15) is 5.56 Å². The van der Waals surface area contributed by atoms with Crippen molar-refractivity contribution in [2.45, 2.75) is 0 Å². The summed E-state index contributed by atoms with van der Waals surface area (Å²) in [6.45, 7) is 0. The van der Waals surface area contributed by atoms with Gasteiger partial charge in [0.1, 0.15) is 5.75 Å². The zero-order valence-electron chi connectivity index (χ0n) is 8.18. The third kappa shape index (κ3) is 3.03. The fourth-order valence-electron chi connectivity index (χ4n) is 1.00. The van der Waals surface area contributed by atoms with Crippen molar-refractivity contribution in [2.24, 2.45) is 0 Å². The molecule has 2 amide bonds. The molecular formula is C10H10N2O3S. The molecule has 1 rings (SSSR count). The first-order chi connectivity index (χ1) is 7.54. The van der Waals surface area contributed by atoms with E-state index < -0.39 is 5.91 Å². The lowest BCUT2D eigenvalue weighted by atomic mass is 10.2. The second-order valence-electron chi connectivity index (χ2n) is 2.94. The van der Waals surface area contributed by atoms with Gasteiger partial charge >= 0.3 is 0 Å². The summed E-state index contributed by atoms with van der Waals surface area (Å²) in [6.07, 6.45) is 1.67. The lowest BCUT2D eigenvalue weighted by Crippen LogP contribution is -2.20. The van der Waals surface area contributed by atoms with Crippen molar-refractivity contribution < 1.29 is 14.7 Å². The van der Waals surface area contributed by atoms with E-state index in [1.165, 1.54) is 18.2 Å². The zero-order valence-corrected chi connectivity index (χ0v) is 9.07. The topological polar surface area (TPSA) is 92.4 Å². The molecule has 5 nitrogen and oxygen atoms in total. The van der Waals surface area contributed by atoms with Crippen molar-refractivity contribution in [3.05, 3.63) is 28.7 Å². The fourth-order valence-corrected chi connectivity index (χ4v) is 1.21. The predicted molar refractivity (Wildman–Crippen MR) is 63.7 cm³/mol. The van der Waals surface area contributed by atoms with Crippen LogP contribution in [0.2, 0.25) is 0 Å². The van der Waals surface area contributed by atoms with E-state index in [0.717, 1.165) is 0 Å². The summed E-state index contributed by atoms with van der Waals surface area (Å²) in [5.41, 5.74) is 6.21. The monoisotopic (exact) mass is 238 g/mol. The Labute approximate surface area is 97.4 Å². The number of nitrogen functional groups attached to an aromatic ring is 1. The Morgan fingerprint density at radius 3 is 2.75 bits per heavy atom. The normalized spacial score (nSPS) is 10.9. The number of hydrogen-bond donors (Lipinski definition) is 4. The smallest absolute Gasteiger partial charge is 0.263 e. The molecule has 1 aromatic carbocycles. The van der Waals surface area contributed by atoms with Gasteiger partial charge in [0.05, 0.1) is 10.6 Å². The number of nitrogens with two attached hydrogens (primary N) is 1. The molecule has 0 aromatic heterocycles. The molecule has 0 spiro atoms. The van der Waals surface area contributed by atoms with Crippen molar-refractivity contribution in [3.63, 3.8) is 0 Å². The van der Waals surface area contributed by atoms with E-state index in [0.29, 0.717) is 5.56 Å². The molecule has 0 aliphatic rings. The number of amides is 2. The SMILES string of the molecule is Nc1ccc(/C=C(\S)C(=O)NC=O)cc1O. The standard InChI is InChI=1S/C10H10N2O3S/c11-7-2-1-6(3-8(7)14)4-9(16)10(15)12-5-13/h1-5,14,16H,11H2,(H,12,13,15)/b9-4-. The number of carbonyl (C=O) groups excluding carboxylic acids is 2. The second kappa shape index (κ2) is 5.22. The van der Waals surface area contributed by atoms with Crippen LogP contribution in [0, 0.1) is 0 Å². The van der Waals surface area contributed by atoms with Gasteiger partial charge in [0.25, 0.3) is 5.91 Å². The number of anilines is 1. The summed E-state index contributed by atoms with van der Waals surface area (Å²) in [6, 6.07) is 4.50. The summed E-state index contributed by atoms with van der Waals surface area (Å²) in [4.78, 5) is 21.2. The van der Waals surface area contributed by atoms with Crippen LogP contribution in [0.5, 0.6) is 5.75 Å². The van der Waals surface area contributed by atoms with Gasteiger partial charge in [-0.2, -0.15) is 0 Å². The molecule has 0 fully saturated rings. The molecule has 6 heteroatoms. The van der Waals surface area contributed by atoms with Crippen LogP contribution >= 0.6 is 12.6 Å². The molecule has 0 aliphatic heterocycles. The maximum atomic E-state index is 11.1. The van der Waals surface area contributed by atoms with Gasteiger partial charge in [-0.3, -0.25) is 14.9 Å². The van der Waals surface area contributed by atoms with Gasteiger partial charge in [0.15, 0.2) is 0 Å². The number of rotatable bonds is 3. The highest BCUT2D eigenvalue weighted by Crippen LogP contribution is 2.22. The lowest BCUT2D eigenvalue weighted by Gasteiger charge is -2.01. The quantitative estimate of drug-likeness (QED) is 0.203.